The molecule has 0 rings (SSSR count). The zero-order chi connectivity index (χ0) is 7.11. The number of hydrogen-bond donors (Lipinski definition) is 1. The van der Waals surface area contributed by atoms with Gasteiger partial charge in [-0.15, -0.1) is 0 Å². The quantitative estimate of drug-likeness (QED) is 0.434. The highest BCUT2D eigenvalue weighted by atomic mass is 16.5. The molecule has 3 nitrogen and oxygen atoms in total. The minimum Gasteiger partial charge on any atom is -0.385 e. The Morgan fingerprint density at radius 1 is 1.44 bits per heavy atom. The molecular weight excluding hydrogens is 118 g/mol. The Balaban J connectivity index is 2.88. The van der Waals surface area contributed by atoms with E-state index in [1.54, 1.807) is 14.2 Å². The van der Waals surface area contributed by atoms with E-state index >= 15 is 0 Å². The van der Waals surface area contributed by atoms with Crippen molar-refractivity contribution < 1.29 is 9.47 Å². The maximum absolute atomic E-state index is 5.44. The molecule has 0 saturated carbocycles. The summed E-state index contributed by atoms with van der Waals surface area (Å²) >= 11 is 0. The first-order chi connectivity index (χ1) is 4.31. The maximum Gasteiger partial charge on any atom is 0.105 e. The predicted octanol–water partition coefficient (Wildman–Crippen LogP) is 0.344. The molecule has 0 aliphatic carbocycles. The Kier molecular flexibility index (Phi) is 5.93. The van der Waals surface area contributed by atoms with Gasteiger partial charge in [0.2, 0.25) is 0 Å². The molecule has 0 fully saturated rings. The van der Waals surface area contributed by atoms with Crippen molar-refractivity contribution in [3.63, 3.8) is 0 Å². The fourth-order valence-corrected chi connectivity index (χ4v) is 0.547. The fourth-order valence-electron chi connectivity index (χ4n) is 0.547. The van der Waals surface area contributed by atoms with Gasteiger partial charge in [0.25, 0.3) is 0 Å². The van der Waals surface area contributed by atoms with Crippen molar-refractivity contribution >= 4 is 0 Å². The van der Waals surface area contributed by atoms with Crippen molar-refractivity contribution in [1.29, 1.82) is 0 Å². The summed E-state index contributed by atoms with van der Waals surface area (Å²) in [5.74, 6) is 0. The maximum atomic E-state index is 5.44. The van der Waals surface area contributed by atoms with Crippen LogP contribution in [0, 0.1) is 0 Å². The van der Waals surface area contributed by atoms with Gasteiger partial charge in [-0.3, -0.25) is 0 Å². The Labute approximate surface area is 56.1 Å². The van der Waals surface area contributed by atoms with Gasteiger partial charge in [0.05, 0.1) is 0 Å². The smallest absolute Gasteiger partial charge is 0.105 e. The molecule has 9 heavy (non-hydrogen) atoms. The standard InChI is InChI=1S/C6H15NO2/c1-8-5-3-4-6(7)9-2/h6H,3-5,7H2,1-2H3. The van der Waals surface area contributed by atoms with E-state index in [1.807, 2.05) is 0 Å². The van der Waals surface area contributed by atoms with Crippen molar-refractivity contribution in [2.24, 2.45) is 5.73 Å². The summed E-state index contributed by atoms with van der Waals surface area (Å²) in [6, 6.07) is 0. The van der Waals surface area contributed by atoms with Crippen LogP contribution in [0.1, 0.15) is 12.8 Å². The average molecular weight is 133 g/mol. The number of methoxy groups -OCH3 is 2. The Morgan fingerprint density at radius 2 is 2.11 bits per heavy atom. The molecule has 0 aromatic heterocycles. The minimum atomic E-state index is -0.125. The summed E-state index contributed by atoms with van der Waals surface area (Å²) in [5.41, 5.74) is 5.44. The molecule has 1 atom stereocenters. The first kappa shape index (κ1) is 8.88. The Hall–Kier alpha value is -0.120. The second-order valence-electron chi connectivity index (χ2n) is 1.91. The average Bonchev–Trinajstić information content (AvgIpc) is 1.89. The SMILES string of the molecule is COCCCC(N)OC. The highest BCUT2D eigenvalue weighted by Gasteiger charge is 1.96. The molecule has 0 amide bonds. The van der Waals surface area contributed by atoms with Crippen molar-refractivity contribution in [3.8, 4) is 0 Å². The van der Waals surface area contributed by atoms with Crippen LogP contribution < -0.4 is 5.73 Å². The molecule has 0 bridgehead atoms. The van der Waals surface area contributed by atoms with Crippen LogP contribution in [0.25, 0.3) is 0 Å². The van der Waals surface area contributed by atoms with E-state index in [4.69, 9.17) is 15.2 Å². The van der Waals surface area contributed by atoms with Crippen molar-refractivity contribution in [2.45, 2.75) is 19.1 Å². The highest BCUT2D eigenvalue weighted by molar-refractivity contribution is 4.45. The Bertz CT molecular complexity index is 59.0. The van der Waals surface area contributed by atoms with Gasteiger partial charge >= 0.3 is 0 Å². The molecule has 1 unspecified atom stereocenters. The Morgan fingerprint density at radius 3 is 2.56 bits per heavy atom. The van der Waals surface area contributed by atoms with Crippen molar-refractivity contribution in [3.05, 3.63) is 0 Å². The lowest BCUT2D eigenvalue weighted by atomic mass is 10.3. The van der Waals surface area contributed by atoms with Crippen LogP contribution >= 0.6 is 0 Å². The second-order valence-corrected chi connectivity index (χ2v) is 1.91. The topological polar surface area (TPSA) is 44.5 Å². The molecule has 0 aliphatic rings. The molecule has 2 N–H and O–H groups in total. The zero-order valence-electron chi connectivity index (χ0n) is 6.09. The van der Waals surface area contributed by atoms with Gasteiger partial charge in [-0.25, -0.2) is 0 Å². The lowest BCUT2D eigenvalue weighted by Gasteiger charge is -2.07. The molecule has 0 heterocycles. The summed E-state index contributed by atoms with van der Waals surface area (Å²) in [5, 5.41) is 0. The van der Waals surface area contributed by atoms with E-state index in [-0.39, 0.29) is 6.23 Å². The third-order valence-corrected chi connectivity index (χ3v) is 1.14. The monoisotopic (exact) mass is 133 g/mol. The van der Waals surface area contributed by atoms with Crippen LogP contribution in [0.5, 0.6) is 0 Å². The number of rotatable bonds is 5. The molecule has 0 aliphatic heterocycles. The largest absolute Gasteiger partial charge is 0.385 e. The summed E-state index contributed by atoms with van der Waals surface area (Å²) < 4.78 is 9.64. The highest BCUT2D eigenvalue weighted by Crippen LogP contribution is 1.93. The molecule has 0 saturated heterocycles. The van der Waals surface area contributed by atoms with Crippen molar-refractivity contribution in [2.75, 3.05) is 20.8 Å². The van der Waals surface area contributed by atoms with Crippen molar-refractivity contribution in [1.82, 2.24) is 0 Å². The van der Waals surface area contributed by atoms with E-state index in [1.165, 1.54) is 0 Å². The summed E-state index contributed by atoms with van der Waals surface area (Å²) in [7, 11) is 3.29. The summed E-state index contributed by atoms with van der Waals surface area (Å²) in [4.78, 5) is 0. The first-order valence-corrected chi connectivity index (χ1v) is 3.08. The van der Waals surface area contributed by atoms with Gasteiger partial charge in [-0.2, -0.15) is 0 Å². The number of nitrogens with two attached hydrogens (primary N) is 1. The van der Waals surface area contributed by atoms with E-state index in [2.05, 4.69) is 0 Å². The van der Waals surface area contributed by atoms with Crippen LogP contribution in [0.2, 0.25) is 0 Å². The third-order valence-electron chi connectivity index (χ3n) is 1.14. The predicted molar refractivity (Wildman–Crippen MR) is 36.1 cm³/mol. The van der Waals surface area contributed by atoms with Gasteiger partial charge in [0.15, 0.2) is 0 Å². The summed E-state index contributed by atoms with van der Waals surface area (Å²) in [6.45, 7) is 0.761. The van der Waals surface area contributed by atoms with Crippen LogP contribution in [0.4, 0.5) is 0 Å². The normalized spacial score (nSPS) is 13.7. The van der Waals surface area contributed by atoms with Crippen LogP contribution in [-0.2, 0) is 9.47 Å². The van der Waals surface area contributed by atoms with Crippen LogP contribution in [0.15, 0.2) is 0 Å². The van der Waals surface area contributed by atoms with E-state index < -0.39 is 0 Å². The van der Waals surface area contributed by atoms with E-state index in [9.17, 15) is 0 Å². The molecule has 0 spiro atoms. The van der Waals surface area contributed by atoms with E-state index in [0.717, 1.165) is 19.4 Å². The number of ether oxygens (including phenoxy) is 2. The van der Waals surface area contributed by atoms with Crippen LogP contribution in [-0.4, -0.2) is 27.1 Å². The van der Waals surface area contributed by atoms with E-state index in [0.29, 0.717) is 0 Å². The molecule has 3 heteroatoms. The minimum absolute atomic E-state index is 0.125. The second kappa shape index (κ2) is 6.01. The summed E-state index contributed by atoms with van der Waals surface area (Å²) in [6.07, 6.45) is 1.70. The molecule has 56 valence electrons. The zero-order valence-corrected chi connectivity index (χ0v) is 6.09. The molecule has 0 aromatic rings. The molecule has 0 radical (unpaired) electrons. The fraction of sp³-hybridized carbons (Fsp3) is 1.00. The van der Waals surface area contributed by atoms with Gasteiger partial charge < -0.3 is 15.2 Å². The lowest BCUT2D eigenvalue weighted by Crippen LogP contribution is -2.22. The van der Waals surface area contributed by atoms with Gasteiger partial charge in [-0.05, 0) is 12.8 Å². The van der Waals surface area contributed by atoms with Gasteiger partial charge in [-0.1, -0.05) is 0 Å². The molecular formula is C6H15NO2. The molecule has 0 aromatic carbocycles. The van der Waals surface area contributed by atoms with Crippen LogP contribution in [0.3, 0.4) is 0 Å². The lowest BCUT2D eigenvalue weighted by molar-refractivity contribution is 0.0884. The van der Waals surface area contributed by atoms with Gasteiger partial charge in [0.1, 0.15) is 6.23 Å². The third kappa shape index (κ3) is 5.76. The van der Waals surface area contributed by atoms with Gasteiger partial charge in [0, 0.05) is 20.8 Å². The number of hydrogen-bond acceptors (Lipinski definition) is 3. The first-order valence-electron chi connectivity index (χ1n) is 3.08.